The van der Waals surface area contributed by atoms with E-state index in [-0.39, 0.29) is 11.8 Å². The van der Waals surface area contributed by atoms with Crippen LogP contribution in [0.3, 0.4) is 0 Å². The van der Waals surface area contributed by atoms with Gasteiger partial charge < -0.3 is 29.6 Å². The summed E-state index contributed by atoms with van der Waals surface area (Å²) in [5, 5.41) is 5.54. The van der Waals surface area contributed by atoms with Crippen LogP contribution in [0, 0.1) is 0 Å². The summed E-state index contributed by atoms with van der Waals surface area (Å²) in [6, 6.07) is 9.46. The van der Waals surface area contributed by atoms with Crippen molar-refractivity contribution in [2.24, 2.45) is 0 Å². The predicted molar refractivity (Wildman–Crippen MR) is 113 cm³/mol. The molecular formula is C22H26N2O7. The lowest BCUT2D eigenvalue weighted by Crippen LogP contribution is -2.30. The summed E-state index contributed by atoms with van der Waals surface area (Å²) in [6.07, 6.45) is 0.519. The maximum Gasteiger partial charge on any atom is 0.308 e. The average molecular weight is 430 g/mol. The molecule has 0 radical (unpaired) electrons. The van der Waals surface area contributed by atoms with E-state index >= 15 is 0 Å². The van der Waals surface area contributed by atoms with Crippen LogP contribution in [0.5, 0.6) is 23.0 Å². The highest BCUT2D eigenvalue weighted by Crippen LogP contribution is 2.38. The highest BCUT2D eigenvalue weighted by Gasteiger charge is 2.16. The lowest BCUT2D eigenvalue weighted by atomic mass is 10.1. The third kappa shape index (κ3) is 6.63. The summed E-state index contributed by atoms with van der Waals surface area (Å²) in [5.74, 6) is 0.412. The Labute approximate surface area is 180 Å². The zero-order chi connectivity index (χ0) is 22.8. The predicted octanol–water partition coefficient (Wildman–Crippen LogP) is 2.19. The van der Waals surface area contributed by atoms with Crippen molar-refractivity contribution in [3.8, 4) is 23.0 Å². The van der Waals surface area contributed by atoms with Gasteiger partial charge in [-0.25, -0.2) is 0 Å². The van der Waals surface area contributed by atoms with Crippen molar-refractivity contribution in [1.29, 1.82) is 0 Å². The maximum absolute atomic E-state index is 12.4. The molecule has 0 aliphatic rings. The maximum atomic E-state index is 12.4. The van der Waals surface area contributed by atoms with E-state index < -0.39 is 5.97 Å². The fraction of sp³-hybridized carbons (Fsp3) is 0.318. The number of rotatable bonds is 10. The van der Waals surface area contributed by atoms with Crippen molar-refractivity contribution in [3.05, 3.63) is 47.5 Å². The molecule has 2 aromatic carbocycles. The average Bonchev–Trinajstić information content (AvgIpc) is 2.77. The smallest absolute Gasteiger partial charge is 0.308 e. The van der Waals surface area contributed by atoms with Gasteiger partial charge in [-0.15, -0.1) is 0 Å². The largest absolute Gasteiger partial charge is 0.493 e. The molecule has 0 aliphatic carbocycles. The van der Waals surface area contributed by atoms with Crippen molar-refractivity contribution in [2.75, 3.05) is 34.4 Å². The number of carbonyl (C=O) groups excluding carboxylic acids is 3. The van der Waals surface area contributed by atoms with Crippen molar-refractivity contribution >= 4 is 17.8 Å². The van der Waals surface area contributed by atoms with Gasteiger partial charge in [0.25, 0.3) is 11.8 Å². The lowest BCUT2D eigenvalue weighted by Gasteiger charge is -2.14. The summed E-state index contributed by atoms with van der Waals surface area (Å²) < 4.78 is 20.7. The number of hydrogen-bond acceptors (Lipinski definition) is 7. The zero-order valence-corrected chi connectivity index (χ0v) is 17.9. The molecule has 2 aromatic rings. The van der Waals surface area contributed by atoms with Gasteiger partial charge in [0.05, 0.1) is 21.3 Å². The third-order valence-corrected chi connectivity index (χ3v) is 4.21. The van der Waals surface area contributed by atoms with E-state index in [2.05, 4.69) is 10.6 Å². The van der Waals surface area contributed by atoms with Crippen LogP contribution in [0.1, 0.15) is 34.1 Å². The van der Waals surface area contributed by atoms with Gasteiger partial charge in [-0.1, -0.05) is 6.07 Å². The van der Waals surface area contributed by atoms with Crippen molar-refractivity contribution in [3.63, 3.8) is 0 Å². The molecule has 0 unspecified atom stereocenters. The Morgan fingerprint density at radius 1 is 0.806 bits per heavy atom. The Bertz CT molecular complexity index is 918. The van der Waals surface area contributed by atoms with Crippen LogP contribution < -0.4 is 29.6 Å². The normalized spacial score (nSPS) is 10.1. The van der Waals surface area contributed by atoms with Crippen LogP contribution in [0.4, 0.5) is 0 Å². The van der Waals surface area contributed by atoms with Gasteiger partial charge in [-0.3, -0.25) is 14.4 Å². The van der Waals surface area contributed by atoms with Crippen molar-refractivity contribution in [1.82, 2.24) is 10.6 Å². The second kappa shape index (κ2) is 11.4. The molecule has 0 saturated carbocycles. The monoisotopic (exact) mass is 430 g/mol. The van der Waals surface area contributed by atoms with Gasteiger partial charge in [-0.05, 0) is 36.8 Å². The molecule has 9 heteroatoms. The van der Waals surface area contributed by atoms with Gasteiger partial charge in [0.2, 0.25) is 5.75 Å². The van der Waals surface area contributed by atoms with E-state index in [1.54, 1.807) is 30.3 Å². The van der Waals surface area contributed by atoms with Gasteiger partial charge in [-0.2, -0.15) is 0 Å². The molecule has 0 bridgehead atoms. The van der Waals surface area contributed by atoms with Crippen LogP contribution in [0.15, 0.2) is 36.4 Å². The number of esters is 1. The number of benzene rings is 2. The molecule has 0 heterocycles. The lowest BCUT2D eigenvalue weighted by molar-refractivity contribution is -0.131. The van der Waals surface area contributed by atoms with E-state index in [1.165, 1.54) is 34.3 Å². The fourth-order valence-corrected chi connectivity index (χ4v) is 2.78. The van der Waals surface area contributed by atoms with E-state index in [0.29, 0.717) is 53.6 Å². The van der Waals surface area contributed by atoms with Crippen molar-refractivity contribution < 1.29 is 33.3 Å². The first-order valence-corrected chi connectivity index (χ1v) is 9.54. The van der Waals surface area contributed by atoms with Crippen LogP contribution in [-0.4, -0.2) is 52.2 Å². The van der Waals surface area contributed by atoms with Gasteiger partial charge >= 0.3 is 5.97 Å². The molecule has 0 aliphatic heterocycles. The number of ether oxygens (including phenoxy) is 4. The van der Waals surface area contributed by atoms with E-state index in [0.717, 1.165) is 0 Å². The SMILES string of the molecule is COc1cc(C(=O)NCCCNC(=O)c2cccc(OC(C)=O)c2)cc(OC)c1OC. The van der Waals surface area contributed by atoms with E-state index in [1.807, 2.05) is 0 Å². The minimum absolute atomic E-state index is 0.301. The Morgan fingerprint density at radius 3 is 1.90 bits per heavy atom. The van der Waals surface area contributed by atoms with Crippen LogP contribution in [0.2, 0.25) is 0 Å². The molecule has 2 N–H and O–H groups in total. The standard InChI is InChI=1S/C22H26N2O7/c1-14(25)31-17-8-5-7-15(11-17)21(26)23-9-6-10-24-22(27)16-12-18(28-2)20(30-4)19(13-16)29-3/h5,7-8,11-13H,6,9-10H2,1-4H3,(H,23,26)(H,24,27). The number of hydrogen-bond donors (Lipinski definition) is 2. The summed E-state index contributed by atoms with van der Waals surface area (Å²) in [6.45, 7) is 1.99. The Hall–Kier alpha value is -3.75. The Morgan fingerprint density at radius 2 is 1.39 bits per heavy atom. The second-order valence-corrected chi connectivity index (χ2v) is 6.40. The molecular weight excluding hydrogens is 404 g/mol. The minimum Gasteiger partial charge on any atom is -0.493 e. The van der Waals surface area contributed by atoms with Crippen LogP contribution in [0.25, 0.3) is 0 Å². The summed E-state index contributed by atoms with van der Waals surface area (Å²) >= 11 is 0. The number of nitrogens with one attached hydrogen (secondary N) is 2. The Balaban J connectivity index is 1.84. The third-order valence-electron chi connectivity index (χ3n) is 4.21. The first-order valence-electron chi connectivity index (χ1n) is 9.54. The first kappa shape index (κ1) is 23.5. The summed E-state index contributed by atoms with van der Waals surface area (Å²) in [4.78, 5) is 35.7. The summed E-state index contributed by atoms with van der Waals surface area (Å²) in [5.41, 5.74) is 0.737. The molecule has 0 spiro atoms. The van der Waals surface area contributed by atoms with Gasteiger partial charge in [0.1, 0.15) is 5.75 Å². The highest BCUT2D eigenvalue weighted by atomic mass is 16.5. The van der Waals surface area contributed by atoms with Gasteiger partial charge in [0.15, 0.2) is 11.5 Å². The van der Waals surface area contributed by atoms with Crippen LogP contribution in [-0.2, 0) is 4.79 Å². The highest BCUT2D eigenvalue weighted by molar-refractivity contribution is 5.96. The first-order chi connectivity index (χ1) is 14.9. The fourth-order valence-electron chi connectivity index (χ4n) is 2.78. The summed E-state index contributed by atoms with van der Waals surface area (Å²) in [7, 11) is 4.44. The molecule has 0 atom stereocenters. The van der Waals surface area contributed by atoms with Crippen LogP contribution >= 0.6 is 0 Å². The molecule has 0 fully saturated rings. The molecule has 0 aromatic heterocycles. The molecule has 2 amide bonds. The molecule has 2 rings (SSSR count). The molecule has 0 saturated heterocycles. The minimum atomic E-state index is -0.458. The number of methoxy groups -OCH3 is 3. The van der Waals surface area contributed by atoms with Gasteiger partial charge in [0, 0.05) is 31.1 Å². The van der Waals surface area contributed by atoms with E-state index in [9.17, 15) is 14.4 Å². The number of amides is 2. The Kier molecular flexibility index (Phi) is 8.68. The molecule has 31 heavy (non-hydrogen) atoms. The van der Waals surface area contributed by atoms with E-state index in [4.69, 9.17) is 18.9 Å². The zero-order valence-electron chi connectivity index (χ0n) is 17.9. The number of carbonyl (C=O) groups is 3. The topological polar surface area (TPSA) is 112 Å². The quantitative estimate of drug-likeness (QED) is 0.338. The second-order valence-electron chi connectivity index (χ2n) is 6.40. The van der Waals surface area contributed by atoms with Crippen molar-refractivity contribution in [2.45, 2.75) is 13.3 Å². The molecule has 9 nitrogen and oxygen atoms in total. The molecule has 166 valence electrons.